The first-order valence-electron chi connectivity index (χ1n) is 8.70. The van der Waals surface area contributed by atoms with E-state index in [1.807, 2.05) is 11.3 Å². The minimum atomic E-state index is 0.686. The normalized spacial score (nSPS) is 27.4. The van der Waals surface area contributed by atoms with Gasteiger partial charge in [0.2, 0.25) is 0 Å². The maximum Gasteiger partial charge on any atom is 0.0332 e. The van der Waals surface area contributed by atoms with Crippen molar-refractivity contribution in [2.24, 2.45) is 11.8 Å². The summed E-state index contributed by atoms with van der Waals surface area (Å²) in [6.45, 7) is 10.5. The summed E-state index contributed by atoms with van der Waals surface area (Å²) < 4.78 is 0. The smallest absolute Gasteiger partial charge is 0.0332 e. The Morgan fingerprint density at radius 2 is 2.05 bits per heavy atom. The lowest BCUT2D eigenvalue weighted by Gasteiger charge is -2.41. The van der Waals surface area contributed by atoms with Crippen molar-refractivity contribution in [3.63, 3.8) is 0 Å². The fraction of sp³-hybridized carbons (Fsp3) is 0.778. The van der Waals surface area contributed by atoms with E-state index in [0.717, 1.165) is 17.9 Å². The fourth-order valence-electron chi connectivity index (χ4n) is 3.65. The lowest BCUT2D eigenvalue weighted by molar-refractivity contribution is 0.101. The monoisotopic (exact) mass is 306 g/mol. The van der Waals surface area contributed by atoms with Crippen LogP contribution < -0.4 is 5.32 Å². The maximum absolute atomic E-state index is 3.82. The molecular formula is C18H30N2S. The average Bonchev–Trinajstić information content (AvgIpc) is 3.18. The molecule has 1 aliphatic heterocycles. The molecule has 2 fully saturated rings. The second-order valence-corrected chi connectivity index (χ2v) is 8.54. The highest BCUT2D eigenvalue weighted by atomic mass is 32.1. The van der Waals surface area contributed by atoms with Crippen LogP contribution in [-0.2, 0) is 13.0 Å². The molecule has 3 heteroatoms. The summed E-state index contributed by atoms with van der Waals surface area (Å²) in [4.78, 5) is 5.87. The van der Waals surface area contributed by atoms with Crippen molar-refractivity contribution in [3.05, 3.63) is 21.9 Å². The minimum Gasteiger partial charge on any atom is -0.311 e. The predicted octanol–water partition coefficient (Wildman–Crippen LogP) is 3.91. The van der Waals surface area contributed by atoms with Crippen molar-refractivity contribution < 1.29 is 0 Å². The number of hydrogen-bond acceptors (Lipinski definition) is 3. The maximum atomic E-state index is 3.82. The summed E-state index contributed by atoms with van der Waals surface area (Å²) in [5.74, 6) is 1.75. The molecule has 2 aliphatic rings. The van der Waals surface area contributed by atoms with Crippen LogP contribution in [0.15, 0.2) is 12.1 Å². The van der Waals surface area contributed by atoms with Gasteiger partial charge in [-0.05, 0) is 49.7 Å². The van der Waals surface area contributed by atoms with Gasteiger partial charge in [0.15, 0.2) is 0 Å². The van der Waals surface area contributed by atoms with Gasteiger partial charge in [-0.3, -0.25) is 4.90 Å². The van der Waals surface area contributed by atoms with Crippen LogP contribution in [0.4, 0.5) is 0 Å². The van der Waals surface area contributed by atoms with E-state index in [1.54, 1.807) is 4.88 Å². The Balaban J connectivity index is 1.65. The molecule has 1 aromatic rings. The highest BCUT2D eigenvalue weighted by Crippen LogP contribution is 2.37. The molecule has 2 unspecified atom stereocenters. The van der Waals surface area contributed by atoms with Gasteiger partial charge in [0.1, 0.15) is 0 Å². The van der Waals surface area contributed by atoms with E-state index in [-0.39, 0.29) is 0 Å². The van der Waals surface area contributed by atoms with Crippen molar-refractivity contribution in [2.45, 2.75) is 65.1 Å². The van der Waals surface area contributed by atoms with E-state index in [1.165, 1.54) is 50.2 Å². The van der Waals surface area contributed by atoms with Crippen molar-refractivity contribution in [3.8, 4) is 0 Å². The van der Waals surface area contributed by atoms with Gasteiger partial charge >= 0.3 is 0 Å². The SMILES string of the molecule is CCc1ccc(CN2CC(CC(C)C)NCC2C2CC2)s1. The zero-order valence-corrected chi connectivity index (χ0v) is 14.6. The second-order valence-electron chi connectivity index (χ2n) is 7.29. The molecular weight excluding hydrogens is 276 g/mol. The minimum absolute atomic E-state index is 0.686. The number of rotatable bonds is 6. The lowest BCUT2D eigenvalue weighted by Crippen LogP contribution is -2.57. The first kappa shape index (κ1) is 15.5. The van der Waals surface area contributed by atoms with Crippen LogP contribution in [0, 0.1) is 11.8 Å². The first-order chi connectivity index (χ1) is 10.2. The summed E-state index contributed by atoms with van der Waals surface area (Å²) in [5.41, 5.74) is 0. The molecule has 0 amide bonds. The highest BCUT2D eigenvalue weighted by Gasteiger charge is 2.38. The standard InChI is InChI=1S/C18H30N2S/c1-4-16-7-8-17(21-16)12-20-11-15(9-13(2)3)19-10-18(20)14-5-6-14/h7-8,13-15,18-19H,4-6,9-12H2,1-3H3. The van der Waals surface area contributed by atoms with Crippen molar-refractivity contribution in [1.29, 1.82) is 0 Å². The Labute approximate surface area is 133 Å². The summed E-state index contributed by atoms with van der Waals surface area (Å²) in [7, 11) is 0. The van der Waals surface area contributed by atoms with Crippen LogP contribution in [0.25, 0.3) is 0 Å². The summed E-state index contributed by atoms with van der Waals surface area (Å²) in [6.07, 6.45) is 5.37. The number of aryl methyl sites for hydroxylation is 1. The Morgan fingerprint density at radius 1 is 1.29 bits per heavy atom. The third-order valence-corrected chi connectivity index (χ3v) is 6.10. The molecule has 3 rings (SSSR count). The molecule has 0 aromatic carbocycles. The van der Waals surface area contributed by atoms with Gasteiger partial charge < -0.3 is 5.32 Å². The number of hydrogen-bond donors (Lipinski definition) is 1. The zero-order valence-electron chi connectivity index (χ0n) is 13.8. The van der Waals surface area contributed by atoms with Gasteiger partial charge in [-0.2, -0.15) is 0 Å². The van der Waals surface area contributed by atoms with Crippen LogP contribution in [0.3, 0.4) is 0 Å². The van der Waals surface area contributed by atoms with Gasteiger partial charge in [0, 0.05) is 41.5 Å². The van der Waals surface area contributed by atoms with Crippen molar-refractivity contribution in [1.82, 2.24) is 10.2 Å². The Bertz CT molecular complexity index is 450. The third-order valence-electron chi connectivity index (χ3n) is 4.89. The Morgan fingerprint density at radius 3 is 2.67 bits per heavy atom. The molecule has 1 aliphatic carbocycles. The van der Waals surface area contributed by atoms with Gasteiger partial charge in [0.25, 0.3) is 0 Å². The number of thiophene rings is 1. The molecule has 118 valence electrons. The van der Waals surface area contributed by atoms with Crippen LogP contribution in [0.2, 0.25) is 0 Å². The van der Waals surface area contributed by atoms with Crippen LogP contribution in [-0.4, -0.2) is 30.1 Å². The molecule has 0 bridgehead atoms. The molecule has 1 saturated carbocycles. The molecule has 1 N–H and O–H groups in total. The van der Waals surface area contributed by atoms with Gasteiger partial charge in [0.05, 0.1) is 0 Å². The van der Waals surface area contributed by atoms with Gasteiger partial charge in [-0.25, -0.2) is 0 Å². The largest absolute Gasteiger partial charge is 0.311 e. The van der Waals surface area contributed by atoms with Crippen LogP contribution in [0.5, 0.6) is 0 Å². The Kier molecular flexibility index (Phi) is 5.03. The number of nitrogens with zero attached hydrogens (tertiary/aromatic N) is 1. The van der Waals surface area contributed by atoms with Crippen LogP contribution >= 0.6 is 11.3 Å². The number of nitrogens with one attached hydrogen (secondary N) is 1. The lowest BCUT2D eigenvalue weighted by atomic mass is 9.98. The van der Waals surface area contributed by atoms with E-state index in [4.69, 9.17) is 0 Å². The topological polar surface area (TPSA) is 15.3 Å². The quantitative estimate of drug-likeness (QED) is 0.857. The van der Waals surface area contributed by atoms with E-state index >= 15 is 0 Å². The fourth-order valence-corrected chi connectivity index (χ4v) is 4.64. The molecule has 2 nitrogen and oxygen atoms in total. The third kappa shape index (κ3) is 4.08. The molecule has 0 radical (unpaired) electrons. The predicted molar refractivity (Wildman–Crippen MR) is 91.9 cm³/mol. The van der Waals surface area contributed by atoms with Crippen LogP contribution in [0.1, 0.15) is 49.8 Å². The molecule has 0 spiro atoms. The second kappa shape index (κ2) is 6.80. The van der Waals surface area contributed by atoms with Crippen molar-refractivity contribution in [2.75, 3.05) is 13.1 Å². The zero-order chi connectivity index (χ0) is 14.8. The summed E-state index contributed by atoms with van der Waals surface area (Å²) >= 11 is 2.01. The average molecular weight is 307 g/mol. The van der Waals surface area contributed by atoms with E-state index in [0.29, 0.717) is 6.04 Å². The number of piperazine rings is 1. The molecule has 21 heavy (non-hydrogen) atoms. The van der Waals surface area contributed by atoms with Crippen molar-refractivity contribution >= 4 is 11.3 Å². The molecule has 1 aromatic heterocycles. The highest BCUT2D eigenvalue weighted by molar-refractivity contribution is 7.11. The van der Waals surface area contributed by atoms with Gasteiger partial charge in [-0.1, -0.05) is 20.8 Å². The Hall–Kier alpha value is -0.380. The molecule has 2 atom stereocenters. The summed E-state index contributed by atoms with van der Waals surface area (Å²) in [5, 5.41) is 3.82. The van der Waals surface area contributed by atoms with E-state index in [9.17, 15) is 0 Å². The molecule has 1 saturated heterocycles. The first-order valence-corrected chi connectivity index (χ1v) is 9.52. The van der Waals surface area contributed by atoms with Gasteiger partial charge in [-0.15, -0.1) is 11.3 Å². The molecule has 2 heterocycles. The van der Waals surface area contributed by atoms with E-state index < -0.39 is 0 Å². The van der Waals surface area contributed by atoms with E-state index in [2.05, 4.69) is 43.1 Å². The summed E-state index contributed by atoms with van der Waals surface area (Å²) in [6, 6.07) is 6.14.